The van der Waals surface area contributed by atoms with Crippen LogP contribution in [0.1, 0.15) is 19.4 Å². The summed E-state index contributed by atoms with van der Waals surface area (Å²) in [7, 11) is 1.57. The van der Waals surface area contributed by atoms with Crippen LogP contribution in [0.4, 0.5) is 0 Å². The van der Waals surface area contributed by atoms with Crippen molar-refractivity contribution in [2.75, 3.05) is 13.7 Å². The van der Waals surface area contributed by atoms with Gasteiger partial charge in [-0.15, -0.1) is 0 Å². The van der Waals surface area contributed by atoms with Gasteiger partial charge in [0.1, 0.15) is 0 Å². The molecule has 100 valence electrons. The van der Waals surface area contributed by atoms with E-state index in [1.54, 1.807) is 20.0 Å². The maximum absolute atomic E-state index is 11.5. The molecule has 1 unspecified atom stereocenters. The van der Waals surface area contributed by atoms with Crippen molar-refractivity contribution < 1.29 is 14.3 Å². The normalized spacial score (nSPS) is 11.8. The van der Waals surface area contributed by atoms with Crippen molar-refractivity contribution >= 4 is 5.91 Å². The zero-order valence-corrected chi connectivity index (χ0v) is 11.0. The molecule has 0 aliphatic heterocycles. The fraction of sp³-hybridized carbons (Fsp3) is 0.462. The number of likely N-dealkylation sites (N-methyl/N-ethyl adjacent to an activating group) is 1. The van der Waals surface area contributed by atoms with E-state index < -0.39 is 6.10 Å². The van der Waals surface area contributed by atoms with Crippen molar-refractivity contribution in [2.45, 2.75) is 26.5 Å². The second-order valence-electron chi connectivity index (χ2n) is 3.76. The van der Waals surface area contributed by atoms with Gasteiger partial charge in [-0.05, 0) is 19.9 Å². The van der Waals surface area contributed by atoms with Gasteiger partial charge in [-0.2, -0.15) is 0 Å². The number of carbonyl (C=O) groups is 1. The Morgan fingerprint density at radius 2 is 2.22 bits per heavy atom. The zero-order valence-electron chi connectivity index (χ0n) is 11.0. The summed E-state index contributed by atoms with van der Waals surface area (Å²) in [6.07, 6.45) is -0.595. The van der Waals surface area contributed by atoms with Crippen LogP contribution in [0.5, 0.6) is 11.5 Å². The molecule has 5 nitrogen and oxygen atoms in total. The van der Waals surface area contributed by atoms with E-state index in [0.717, 1.165) is 5.56 Å². The molecule has 18 heavy (non-hydrogen) atoms. The van der Waals surface area contributed by atoms with E-state index in [1.807, 2.05) is 19.1 Å². The summed E-state index contributed by atoms with van der Waals surface area (Å²) >= 11 is 0. The number of ether oxygens (including phenoxy) is 2. The molecule has 1 rings (SSSR count). The Labute approximate surface area is 107 Å². The Kier molecular flexibility index (Phi) is 5.45. The van der Waals surface area contributed by atoms with Gasteiger partial charge in [0.15, 0.2) is 17.6 Å². The molecule has 0 aliphatic rings. The molecule has 0 radical (unpaired) electrons. The van der Waals surface area contributed by atoms with E-state index in [2.05, 4.69) is 5.32 Å². The van der Waals surface area contributed by atoms with Crippen LogP contribution < -0.4 is 20.5 Å². The molecule has 0 bridgehead atoms. The maximum Gasteiger partial charge on any atom is 0.260 e. The van der Waals surface area contributed by atoms with E-state index in [4.69, 9.17) is 15.2 Å². The average Bonchev–Trinajstić information content (AvgIpc) is 2.39. The molecule has 0 heterocycles. The van der Waals surface area contributed by atoms with Crippen molar-refractivity contribution in [2.24, 2.45) is 5.73 Å². The minimum absolute atomic E-state index is 0.190. The molecule has 1 aromatic rings. The second kappa shape index (κ2) is 6.86. The monoisotopic (exact) mass is 252 g/mol. The van der Waals surface area contributed by atoms with E-state index in [1.165, 1.54) is 0 Å². The first-order chi connectivity index (χ1) is 8.63. The van der Waals surface area contributed by atoms with Crippen molar-refractivity contribution in [3.05, 3.63) is 23.8 Å². The van der Waals surface area contributed by atoms with Crippen LogP contribution in [0.15, 0.2) is 18.2 Å². The molecule has 0 spiro atoms. The van der Waals surface area contributed by atoms with E-state index in [-0.39, 0.29) is 5.91 Å². The first kappa shape index (κ1) is 14.3. The first-order valence-corrected chi connectivity index (χ1v) is 5.97. The Morgan fingerprint density at radius 3 is 2.78 bits per heavy atom. The molecule has 1 amide bonds. The summed E-state index contributed by atoms with van der Waals surface area (Å²) in [5.41, 5.74) is 6.48. The summed E-state index contributed by atoms with van der Waals surface area (Å²) in [5, 5.41) is 2.54. The van der Waals surface area contributed by atoms with Gasteiger partial charge < -0.3 is 20.5 Å². The van der Waals surface area contributed by atoms with Crippen molar-refractivity contribution in [3.8, 4) is 11.5 Å². The molecule has 0 saturated carbocycles. The van der Waals surface area contributed by atoms with E-state index in [9.17, 15) is 4.79 Å². The molecule has 0 saturated heterocycles. The minimum Gasteiger partial charge on any atom is -0.490 e. The molecular formula is C13H20N2O3. The van der Waals surface area contributed by atoms with Gasteiger partial charge in [0.2, 0.25) is 0 Å². The fourth-order valence-electron chi connectivity index (χ4n) is 1.56. The largest absolute Gasteiger partial charge is 0.490 e. The van der Waals surface area contributed by atoms with Crippen LogP contribution in [0, 0.1) is 0 Å². The van der Waals surface area contributed by atoms with Gasteiger partial charge in [0.25, 0.3) is 5.91 Å². The van der Waals surface area contributed by atoms with Crippen molar-refractivity contribution in [1.29, 1.82) is 0 Å². The third-order valence-corrected chi connectivity index (χ3v) is 2.49. The first-order valence-electron chi connectivity index (χ1n) is 5.97. The second-order valence-corrected chi connectivity index (χ2v) is 3.76. The lowest BCUT2D eigenvalue weighted by atomic mass is 10.2. The Morgan fingerprint density at radius 1 is 1.50 bits per heavy atom. The highest BCUT2D eigenvalue weighted by atomic mass is 16.5. The van der Waals surface area contributed by atoms with Crippen LogP contribution in [-0.4, -0.2) is 25.7 Å². The molecule has 1 aromatic carbocycles. The van der Waals surface area contributed by atoms with Gasteiger partial charge >= 0.3 is 0 Å². The highest BCUT2D eigenvalue weighted by Gasteiger charge is 2.17. The summed E-state index contributed by atoms with van der Waals surface area (Å²) in [5.74, 6) is 0.957. The SMILES string of the molecule is CCOc1cccc(CN)c1OC(C)C(=O)NC. The van der Waals surface area contributed by atoms with Crippen LogP contribution in [0.25, 0.3) is 0 Å². The van der Waals surface area contributed by atoms with Gasteiger partial charge in [-0.25, -0.2) is 0 Å². The van der Waals surface area contributed by atoms with Crippen LogP contribution in [-0.2, 0) is 11.3 Å². The molecule has 3 N–H and O–H groups in total. The van der Waals surface area contributed by atoms with Crippen LogP contribution >= 0.6 is 0 Å². The third kappa shape index (κ3) is 3.37. The fourth-order valence-corrected chi connectivity index (χ4v) is 1.56. The Bertz CT molecular complexity index is 407. The lowest BCUT2D eigenvalue weighted by Crippen LogP contribution is -2.34. The Hall–Kier alpha value is -1.75. The lowest BCUT2D eigenvalue weighted by Gasteiger charge is -2.18. The number of hydrogen-bond donors (Lipinski definition) is 2. The number of nitrogens with two attached hydrogens (primary N) is 1. The molecular weight excluding hydrogens is 232 g/mol. The minimum atomic E-state index is -0.595. The van der Waals surface area contributed by atoms with Gasteiger partial charge in [0, 0.05) is 19.2 Å². The topological polar surface area (TPSA) is 73.6 Å². The number of hydrogen-bond acceptors (Lipinski definition) is 4. The number of amides is 1. The number of carbonyl (C=O) groups excluding carboxylic acids is 1. The molecule has 5 heteroatoms. The number of para-hydroxylation sites is 1. The summed E-state index contributed by atoms with van der Waals surface area (Å²) < 4.78 is 11.1. The highest BCUT2D eigenvalue weighted by molar-refractivity contribution is 5.80. The van der Waals surface area contributed by atoms with Gasteiger partial charge in [0.05, 0.1) is 6.61 Å². The lowest BCUT2D eigenvalue weighted by molar-refractivity contribution is -0.126. The van der Waals surface area contributed by atoms with Crippen LogP contribution in [0.3, 0.4) is 0 Å². The van der Waals surface area contributed by atoms with E-state index in [0.29, 0.717) is 24.7 Å². The van der Waals surface area contributed by atoms with Crippen LogP contribution in [0.2, 0.25) is 0 Å². The Balaban J connectivity index is 3.00. The quantitative estimate of drug-likeness (QED) is 0.794. The number of benzene rings is 1. The predicted molar refractivity (Wildman–Crippen MR) is 69.7 cm³/mol. The summed E-state index contributed by atoms with van der Waals surface area (Å²) in [4.78, 5) is 11.5. The van der Waals surface area contributed by atoms with Crippen molar-refractivity contribution in [3.63, 3.8) is 0 Å². The molecule has 0 aliphatic carbocycles. The third-order valence-electron chi connectivity index (χ3n) is 2.49. The predicted octanol–water partition coefficient (Wildman–Crippen LogP) is 1.06. The number of nitrogens with one attached hydrogen (secondary N) is 1. The van der Waals surface area contributed by atoms with Gasteiger partial charge in [-0.3, -0.25) is 4.79 Å². The molecule has 0 fully saturated rings. The standard InChI is InChI=1S/C13H20N2O3/c1-4-17-11-7-5-6-10(8-14)12(11)18-9(2)13(16)15-3/h5-7,9H,4,8,14H2,1-3H3,(H,15,16). The van der Waals surface area contributed by atoms with Crippen molar-refractivity contribution in [1.82, 2.24) is 5.32 Å². The molecule has 0 aromatic heterocycles. The molecule has 1 atom stereocenters. The smallest absolute Gasteiger partial charge is 0.260 e. The highest BCUT2D eigenvalue weighted by Crippen LogP contribution is 2.32. The summed E-state index contributed by atoms with van der Waals surface area (Å²) in [6.45, 7) is 4.43. The summed E-state index contributed by atoms with van der Waals surface area (Å²) in [6, 6.07) is 5.51. The number of rotatable bonds is 6. The van der Waals surface area contributed by atoms with E-state index >= 15 is 0 Å². The van der Waals surface area contributed by atoms with Gasteiger partial charge in [-0.1, -0.05) is 12.1 Å². The average molecular weight is 252 g/mol. The zero-order chi connectivity index (χ0) is 13.5. The maximum atomic E-state index is 11.5.